The first-order valence-electron chi connectivity index (χ1n) is 5.70. The third kappa shape index (κ3) is 3.18. The van der Waals surface area contributed by atoms with Gasteiger partial charge >= 0.3 is 0 Å². The van der Waals surface area contributed by atoms with Crippen molar-refractivity contribution in [3.63, 3.8) is 0 Å². The van der Waals surface area contributed by atoms with Crippen molar-refractivity contribution in [3.8, 4) is 0 Å². The van der Waals surface area contributed by atoms with Crippen LogP contribution in [0.5, 0.6) is 0 Å². The third-order valence-electron chi connectivity index (χ3n) is 3.19. The highest BCUT2D eigenvalue weighted by molar-refractivity contribution is 9.11. The predicted octanol–water partition coefficient (Wildman–Crippen LogP) is 4.35. The van der Waals surface area contributed by atoms with Crippen LogP contribution in [0.3, 0.4) is 0 Å². The van der Waals surface area contributed by atoms with Crippen LogP contribution in [0.4, 0.5) is 0 Å². The number of hydrogen-bond donors (Lipinski definition) is 0. The lowest BCUT2D eigenvalue weighted by Crippen LogP contribution is -2.43. The quantitative estimate of drug-likeness (QED) is 0.567. The van der Waals surface area contributed by atoms with Gasteiger partial charge in [-0.2, -0.15) is 0 Å². The van der Waals surface area contributed by atoms with Crippen LogP contribution in [-0.2, 0) is 18.1 Å². The highest BCUT2D eigenvalue weighted by Crippen LogP contribution is 2.50. The van der Waals surface area contributed by atoms with Crippen LogP contribution in [0, 0.1) is 0 Å². The van der Waals surface area contributed by atoms with Gasteiger partial charge in [0.25, 0.3) is 18.1 Å². The molecule has 0 bridgehead atoms. The SMILES string of the molecule is O=S(=O)(Cl)C1(S(=O)(=O)Cl)CC(Br)=CC=C1c1ccc(Br)cc1. The number of allylic oxidation sites excluding steroid dienone is 3. The lowest BCUT2D eigenvalue weighted by Gasteiger charge is -2.32. The summed E-state index contributed by atoms with van der Waals surface area (Å²) in [5.74, 6) is 0. The molecule has 22 heavy (non-hydrogen) atoms. The van der Waals surface area contributed by atoms with Crippen molar-refractivity contribution in [2.24, 2.45) is 0 Å². The summed E-state index contributed by atoms with van der Waals surface area (Å²) in [5.41, 5.74) is 0.404. The molecular formula is C12H8Br2Cl2O4S2. The zero-order valence-corrected chi connectivity index (χ0v) is 16.9. The van der Waals surface area contributed by atoms with Gasteiger partial charge in [-0.05, 0) is 27.8 Å². The summed E-state index contributed by atoms with van der Waals surface area (Å²) in [7, 11) is 1.84. The van der Waals surface area contributed by atoms with E-state index in [9.17, 15) is 16.8 Å². The molecule has 0 spiro atoms. The Bertz CT molecular complexity index is 840. The number of halogens is 4. The monoisotopic (exact) mass is 508 g/mol. The first-order chi connectivity index (χ1) is 9.99. The van der Waals surface area contributed by atoms with Crippen LogP contribution < -0.4 is 0 Å². The van der Waals surface area contributed by atoms with Gasteiger partial charge < -0.3 is 0 Å². The van der Waals surface area contributed by atoms with E-state index in [1.54, 1.807) is 30.3 Å². The zero-order valence-electron chi connectivity index (χ0n) is 10.6. The summed E-state index contributed by atoms with van der Waals surface area (Å²) in [6, 6.07) is 6.50. The fourth-order valence-corrected chi connectivity index (χ4v) is 8.48. The standard InChI is InChI=1S/C12H8Br2Cl2O4S2/c13-9-3-1-8(2-4-9)11-6-5-10(14)7-12(11,21(15,17)18)22(16,19)20/h1-6H,7H2. The van der Waals surface area contributed by atoms with Crippen LogP contribution in [0.15, 0.2) is 45.4 Å². The zero-order chi connectivity index (χ0) is 16.8. The predicted molar refractivity (Wildman–Crippen MR) is 96.0 cm³/mol. The van der Waals surface area contributed by atoms with E-state index in [4.69, 9.17) is 21.4 Å². The van der Waals surface area contributed by atoms with Crippen LogP contribution in [0.25, 0.3) is 5.57 Å². The average molecular weight is 511 g/mol. The number of rotatable bonds is 3. The molecule has 0 radical (unpaired) electrons. The van der Waals surface area contributed by atoms with Crippen LogP contribution in [0.2, 0.25) is 0 Å². The second-order valence-corrected chi connectivity index (χ2v) is 12.3. The van der Waals surface area contributed by atoms with Crippen molar-refractivity contribution in [3.05, 3.63) is 50.9 Å². The van der Waals surface area contributed by atoms with E-state index in [1.807, 2.05) is 0 Å². The maximum absolute atomic E-state index is 12.2. The Morgan fingerprint density at radius 1 is 0.909 bits per heavy atom. The molecule has 0 aromatic heterocycles. The Morgan fingerprint density at radius 3 is 1.86 bits per heavy atom. The molecule has 4 nitrogen and oxygen atoms in total. The third-order valence-corrected chi connectivity index (χ3v) is 10.0. The fraction of sp³-hybridized carbons (Fsp3) is 0.167. The molecule has 1 aliphatic rings. The smallest absolute Gasteiger partial charge is 0.210 e. The van der Waals surface area contributed by atoms with E-state index in [1.165, 1.54) is 6.08 Å². The van der Waals surface area contributed by atoms with E-state index >= 15 is 0 Å². The summed E-state index contributed by atoms with van der Waals surface area (Å²) >= 11 is 6.38. The van der Waals surface area contributed by atoms with Gasteiger partial charge in [0, 0.05) is 32.3 Å². The minimum atomic E-state index is -4.58. The Labute approximate surface area is 154 Å². The molecule has 0 amide bonds. The highest BCUT2D eigenvalue weighted by Gasteiger charge is 2.58. The van der Waals surface area contributed by atoms with Gasteiger partial charge in [-0.3, -0.25) is 0 Å². The highest BCUT2D eigenvalue weighted by atomic mass is 79.9. The Morgan fingerprint density at radius 2 is 1.41 bits per heavy atom. The summed E-state index contributed by atoms with van der Waals surface area (Å²) in [6.07, 6.45) is 2.56. The largest absolute Gasteiger partial charge is 0.258 e. The molecule has 0 fully saturated rings. The van der Waals surface area contributed by atoms with Gasteiger partial charge in [0.1, 0.15) is 0 Å². The number of hydrogen-bond acceptors (Lipinski definition) is 4. The molecule has 0 atom stereocenters. The second kappa shape index (κ2) is 6.22. The minimum absolute atomic E-state index is 0.00759. The van der Waals surface area contributed by atoms with Crippen LogP contribution in [0.1, 0.15) is 12.0 Å². The summed E-state index contributed by atoms with van der Waals surface area (Å²) < 4.78 is 47.3. The lowest BCUT2D eigenvalue weighted by atomic mass is 9.96. The Hall–Kier alpha value is 0.140. The molecule has 0 N–H and O–H groups in total. The van der Waals surface area contributed by atoms with E-state index in [-0.39, 0.29) is 5.57 Å². The second-order valence-electron chi connectivity index (χ2n) is 4.51. The number of benzene rings is 1. The molecule has 0 heterocycles. The molecule has 1 aromatic carbocycles. The van der Waals surface area contributed by atoms with Crippen molar-refractivity contribution in [2.75, 3.05) is 0 Å². The van der Waals surface area contributed by atoms with Crippen LogP contribution in [-0.4, -0.2) is 20.9 Å². The first-order valence-corrected chi connectivity index (χ1v) is 11.9. The van der Waals surface area contributed by atoms with Crippen molar-refractivity contribution in [1.82, 2.24) is 0 Å². The van der Waals surface area contributed by atoms with E-state index in [2.05, 4.69) is 31.9 Å². The lowest BCUT2D eigenvalue weighted by molar-refractivity contribution is 0.576. The molecule has 10 heteroatoms. The molecule has 2 rings (SSSR count). The van der Waals surface area contributed by atoms with Gasteiger partial charge in [0.05, 0.1) is 0 Å². The van der Waals surface area contributed by atoms with E-state index in [0.29, 0.717) is 10.0 Å². The molecule has 0 aliphatic heterocycles. The average Bonchev–Trinajstić information content (AvgIpc) is 2.37. The molecule has 0 unspecified atom stereocenters. The van der Waals surface area contributed by atoms with Crippen LogP contribution >= 0.6 is 53.2 Å². The van der Waals surface area contributed by atoms with Crippen molar-refractivity contribution in [2.45, 2.75) is 10.5 Å². The summed E-state index contributed by atoms with van der Waals surface area (Å²) in [5, 5.41) is 0. The molecule has 0 saturated carbocycles. The molecule has 120 valence electrons. The topological polar surface area (TPSA) is 68.3 Å². The molecular weight excluding hydrogens is 503 g/mol. The Kier molecular flexibility index (Phi) is 5.22. The van der Waals surface area contributed by atoms with Crippen molar-refractivity contribution >= 4 is 76.9 Å². The minimum Gasteiger partial charge on any atom is -0.210 e. The van der Waals surface area contributed by atoms with Crippen molar-refractivity contribution < 1.29 is 16.8 Å². The maximum Gasteiger partial charge on any atom is 0.258 e. The van der Waals surface area contributed by atoms with Crippen molar-refractivity contribution in [1.29, 1.82) is 0 Å². The Balaban J connectivity index is 2.85. The maximum atomic E-state index is 12.2. The fourth-order valence-electron chi connectivity index (χ4n) is 2.18. The molecule has 0 saturated heterocycles. The summed E-state index contributed by atoms with van der Waals surface area (Å²) in [4.78, 5) is 0. The van der Waals surface area contributed by atoms with E-state index < -0.39 is 28.6 Å². The molecule has 1 aromatic rings. The van der Waals surface area contributed by atoms with E-state index in [0.717, 1.165) is 4.47 Å². The summed E-state index contributed by atoms with van der Waals surface area (Å²) in [6.45, 7) is 0. The van der Waals surface area contributed by atoms with Gasteiger partial charge in [-0.15, -0.1) is 0 Å². The van der Waals surface area contributed by atoms with Gasteiger partial charge in [0.15, 0.2) is 0 Å². The van der Waals surface area contributed by atoms with Gasteiger partial charge in [-0.25, -0.2) is 16.8 Å². The van der Waals surface area contributed by atoms with Gasteiger partial charge in [0.2, 0.25) is 4.08 Å². The first kappa shape index (κ1) is 18.5. The normalized spacial score (nSPS) is 18.5. The van der Waals surface area contributed by atoms with Gasteiger partial charge in [-0.1, -0.05) is 56.1 Å². The molecule has 1 aliphatic carbocycles.